The van der Waals surface area contributed by atoms with Crippen molar-refractivity contribution in [1.82, 2.24) is 0 Å². The minimum absolute atomic E-state index is 0.465. The van der Waals surface area contributed by atoms with Gasteiger partial charge in [0.25, 0.3) is 0 Å². The van der Waals surface area contributed by atoms with Gasteiger partial charge in [-0.2, -0.15) is 13.2 Å². The van der Waals surface area contributed by atoms with Gasteiger partial charge < -0.3 is 0 Å². The minimum atomic E-state index is -4.79. The number of rotatable bonds is 2. The van der Waals surface area contributed by atoms with Crippen molar-refractivity contribution in [1.29, 1.82) is 0 Å². The van der Waals surface area contributed by atoms with Gasteiger partial charge in [0.2, 0.25) is 0 Å². The van der Waals surface area contributed by atoms with Crippen molar-refractivity contribution < 1.29 is 17.6 Å². The van der Waals surface area contributed by atoms with Crippen LogP contribution in [0.5, 0.6) is 0 Å². The third kappa shape index (κ3) is 3.36. The molecule has 0 saturated carbocycles. The van der Waals surface area contributed by atoms with E-state index in [1.807, 2.05) is 0 Å². The standard InChI is InChI=1S/C14H8ClF4N/c15-10-6-4-9(5-7-10)8-20-12-3-1-2-11(16)13(12)14(17,18)19/h1-8H. The molecule has 0 aliphatic heterocycles. The first-order valence-corrected chi connectivity index (χ1v) is 5.91. The molecule has 104 valence electrons. The van der Waals surface area contributed by atoms with E-state index in [1.54, 1.807) is 24.3 Å². The lowest BCUT2D eigenvalue weighted by molar-refractivity contribution is -0.139. The van der Waals surface area contributed by atoms with Crippen LogP contribution in [0.25, 0.3) is 0 Å². The van der Waals surface area contributed by atoms with Gasteiger partial charge in [-0.25, -0.2) is 4.39 Å². The highest BCUT2D eigenvalue weighted by atomic mass is 35.5. The lowest BCUT2D eigenvalue weighted by atomic mass is 10.1. The highest BCUT2D eigenvalue weighted by Gasteiger charge is 2.36. The maximum absolute atomic E-state index is 13.3. The third-order valence-corrected chi connectivity index (χ3v) is 2.75. The molecular formula is C14H8ClF4N. The fourth-order valence-corrected chi connectivity index (χ4v) is 1.72. The second-order valence-electron chi connectivity index (χ2n) is 3.94. The molecule has 0 fully saturated rings. The zero-order valence-electron chi connectivity index (χ0n) is 9.96. The molecule has 20 heavy (non-hydrogen) atoms. The van der Waals surface area contributed by atoms with Crippen molar-refractivity contribution in [3.05, 3.63) is 64.4 Å². The predicted molar refractivity (Wildman–Crippen MR) is 70.1 cm³/mol. The summed E-state index contributed by atoms with van der Waals surface area (Å²) in [6.07, 6.45) is -3.57. The van der Waals surface area contributed by atoms with E-state index in [4.69, 9.17) is 11.6 Å². The Balaban J connectivity index is 2.39. The van der Waals surface area contributed by atoms with Crippen LogP contribution in [0, 0.1) is 5.82 Å². The van der Waals surface area contributed by atoms with Gasteiger partial charge in [0.1, 0.15) is 11.4 Å². The number of halogens is 5. The van der Waals surface area contributed by atoms with Crippen molar-refractivity contribution in [3.8, 4) is 0 Å². The van der Waals surface area contributed by atoms with E-state index in [0.717, 1.165) is 12.1 Å². The third-order valence-electron chi connectivity index (χ3n) is 2.50. The molecule has 0 unspecified atom stereocenters. The number of nitrogens with zero attached hydrogens (tertiary/aromatic N) is 1. The maximum atomic E-state index is 13.3. The summed E-state index contributed by atoms with van der Waals surface area (Å²) < 4.78 is 51.6. The van der Waals surface area contributed by atoms with Gasteiger partial charge in [-0.15, -0.1) is 0 Å². The smallest absolute Gasteiger partial charge is 0.256 e. The first-order valence-electron chi connectivity index (χ1n) is 5.53. The molecular weight excluding hydrogens is 294 g/mol. The van der Waals surface area contributed by atoms with E-state index in [-0.39, 0.29) is 0 Å². The van der Waals surface area contributed by atoms with Crippen molar-refractivity contribution in [2.24, 2.45) is 4.99 Å². The summed E-state index contributed by atoms with van der Waals surface area (Å²) in [5.74, 6) is -1.34. The molecule has 2 aromatic rings. The monoisotopic (exact) mass is 301 g/mol. The molecule has 0 spiro atoms. The zero-order chi connectivity index (χ0) is 14.8. The SMILES string of the molecule is Fc1cccc(N=Cc2ccc(Cl)cc2)c1C(F)(F)F. The minimum Gasteiger partial charge on any atom is -0.256 e. The molecule has 0 radical (unpaired) electrons. The van der Waals surface area contributed by atoms with Crippen LogP contribution in [-0.4, -0.2) is 6.21 Å². The van der Waals surface area contributed by atoms with Crippen LogP contribution in [0.3, 0.4) is 0 Å². The highest BCUT2D eigenvalue weighted by Crippen LogP contribution is 2.38. The molecule has 1 nitrogen and oxygen atoms in total. The Morgan fingerprint density at radius 2 is 1.65 bits per heavy atom. The molecule has 0 saturated heterocycles. The fraction of sp³-hybridized carbons (Fsp3) is 0.0714. The molecule has 2 rings (SSSR count). The Morgan fingerprint density at radius 1 is 1.00 bits per heavy atom. The lowest BCUT2D eigenvalue weighted by Gasteiger charge is -2.10. The van der Waals surface area contributed by atoms with E-state index in [9.17, 15) is 17.6 Å². The summed E-state index contributed by atoms with van der Waals surface area (Å²) >= 11 is 5.69. The molecule has 0 aliphatic carbocycles. The van der Waals surface area contributed by atoms with Gasteiger partial charge >= 0.3 is 6.18 Å². The number of hydrogen-bond acceptors (Lipinski definition) is 1. The average molecular weight is 302 g/mol. The first-order chi connectivity index (χ1) is 9.38. The summed E-state index contributed by atoms with van der Waals surface area (Å²) in [7, 11) is 0. The second kappa shape index (κ2) is 5.63. The van der Waals surface area contributed by atoms with Crippen LogP contribution in [-0.2, 0) is 6.18 Å². The number of benzene rings is 2. The van der Waals surface area contributed by atoms with Crippen molar-refractivity contribution >= 4 is 23.5 Å². The highest BCUT2D eigenvalue weighted by molar-refractivity contribution is 6.30. The normalized spacial score (nSPS) is 12.1. The Hall–Kier alpha value is -1.88. The molecule has 0 bridgehead atoms. The summed E-state index contributed by atoms with van der Waals surface area (Å²) in [5.41, 5.74) is -1.27. The molecule has 0 aliphatic rings. The summed E-state index contributed by atoms with van der Waals surface area (Å²) in [6, 6.07) is 9.40. The number of hydrogen-bond donors (Lipinski definition) is 0. The van der Waals surface area contributed by atoms with E-state index in [0.29, 0.717) is 10.6 Å². The predicted octanol–water partition coefficient (Wildman–Crippen LogP) is 5.25. The Kier molecular flexibility index (Phi) is 4.09. The van der Waals surface area contributed by atoms with Gasteiger partial charge in [0.05, 0.1) is 5.69 Å². The van der Waals surface area contributed by atoms with Gasteiger partial charge in [0, 0.05) is 11.2 Å². The maximum Gasteiger partial charge on any atom is 0.421 e. The lowest BCUT2D eigenvalue weighted by Crippen LogP contribution is -2.08. The Morgan fingerprint density at radius 3 is 2.25 bits per heavy atom. The number of aliphatic imine (C=N–C) groups is 1. The Bertz CT molecular complexity index is 633. The summed E-state index contributed by atoms with van der Waals surface area (Å²) in [6.45, 7) is 0. The molecule has 6 heteroatoms. The van der Waals surface area contributed by atoms with Crippen LogP contribution < -0.4 is 0 Å². The van der Waals surface area contributed by atoms with Crippen molar-refractivity contribution in [3.63, 3.8) is 0 Å². The second-order valence-corrected chi connectivity index (χ2v) is 4.38. The largest absolute Gasteiger partial charge is 0.421 e. The van der Waals surface area contributed by atoms with Crippen LogP contribution in [0.2, 0.25) is 5.02 Å². The van der Waals surface area contributed by atoms with E-state index >= 15 is 0 Å². The van der Waals surface area contributed by atoms with E-state index in [1.165, 1.54) is 12.3 Å². The van der Waals surface area contributed by atoms with E-state index in [2.05, 4.69) is 4.99 Å². The summed E-state index contributed by atoms with van der Waals surface area (Å²) in [5, 5.41) is 0.504. The molecule has 0 N–H and O–H groups in total. The topological polar surface area (TPSA) is 12.4 Å². The van der Waals surface area contributed by atoms with Gasteiger partial charge in [-0.3, -0.25) is 4.99 Å². The number of alkyl halides is 3. The fourth-order valence-electron chi connectivity index (χ4n) is 1.59. The molecule has 0 aromatic heterocycles. The summed E-state index contributed by atoms with van der Waals surface area (Å²) in [4.78, 5) is 3.71. The molecule has 0 atom stereocenters. The quantitative estimate of drug-likeness (QED) is 0.531. The first kappa shape index (κ1) is 14.5. The van der Waals surface area contributed by atoms with Gasteiger partial charge in [-0.05, 0) is 29.8 Å². The van der Waals surface area contributed by atoms with Gasteiger partial charge in [-0.1, -0.05) is 29.8 Å². The zero-order valence-corrected chi connectivity index (χ0v) is 10.7. The van der Waals surface area contributed by atoms with Crippen molar-refractivity contribution in [2.45, 2.75) is 6.18 Å². The van der Waals surface area contributed by atoms with Crippen LogP contribution in [0.15, 0.2) is 47.5 Å². The van der Waals surface area contributed by atoms with Crippen LogP contribution in [0.1, 0.15) is 11.1 Å². The van der Waals surface area contributed by atoms with Crippen LogP contribution >= 0.6 is 11.6 Å². The van der Waals surface area contributed by atoms with Gasteiger partial charge in [0.15, 0.2) is 0 Å². The molecule has 0 amide bonds. The average Bonchev–Trinajstić information content (AvgIpc) is 2.36. The molecule has 2 aromatic carbocycles. The van der Waals surface area contributed by atoms with Crippen LogP contribution in [0.4, 0.5) is 23.2 Å². The van der Waals surface area contributed by atoms with E-state index < -0.39 is 23.2 Å². The molecule has 0 heterocycles. The van der Waals surface area contributed by atoms with Crippen molar-refractivity contribution in [2.75, 3.05) is 0 Å². The Labute approximate surface area is 117 Å².